The molecule has 32 heavy (non-hydrogen) atoms. The number of primary amides is 1. The van der Waals surface area contributed by atoms with Crippen LogP contribution in [0.1, 0.15) is 34.8 Å². The summed E-state index contributed by atoms with van der Waals surface area (Å²) in [5.41, 5.74) is 6.47. The highest BCUT2D eigenvalue weighted by atomic mass is 32.1. The third kappa shape index (κ3) is 7.09. The number of para-hydroxylation sites is 1. The van der Waals surface area contributed by atoms with E-state index in [-0.39, 0.29) is 5.56 Å². The largest absolute Gasteiger partial charge is 0.431 e. The maximum Gasteiger partial charge on any atom is 0.387 e. The summed E-state index contributed by atoms with van der Waals surface area (Å²) in [6, 6.07) is 8.67. The van der Waals surface area contributed by atoms with Crippen LogP contribution in [0.2, 0.25) is 0 Å². The standard InChI is InChI=1S/C18H12F4N2O3S.C4H8/c19-17(20)26-11-6-4-9(8-12(11)27-18(21)22)5-7-14-24-15-10(16(23)25)2-1-3-13(15)28-14;1-3-4-2/h1-8,17-18H,(H2,23,25);3-4H,1-2H3/b7-5+;4-3-. The monoisotopic (exact) mass is 468 g/mol. The number of hydrogen-bond acceptors (Lipinski definition) is 5. The van der Waals surface area contributed by atoms with Crippen LogP contribution in [0.15, 0.2) is 48.6 Å². The normalized spacial score (nSPS) is 11.4. The fraction of sp³-hybridized carbons (Fsp3) is 0.182. The van der Waals surface area contributed by atoms with E-state index in [1.165, 1.54) is 23.5 Å². The summed E-state index contributed by atoms with van der Waals surface area (Å²) in [7, 11) is 0. The predicted molar refractivity (Wildman–Crippen MR) is 117 cm³/mol. The van der Waals surface area contributed by atoms with Crippen LogP contribution in [0.4, 0.5) is 17.6 Å². The molecule has 0 atom stereocenters. The molecule has 3 rings (SSSR count). The third-order valence-electron chi connectivity index (χ3n) is 3.85. The molecule has 0 aliphatic rings. The van der Waals surface area contributed by atoms with Crippen molar-refractivity contribution in [3.05, 3.63) is 64.7 Å². The van der Waals surface area contributed by atoms with E-state index in [4.69, 9.17) is 5.73 Å². The molecule has 0 unspecified atom stereocenters. The molecule has 0 bridgehead atoms. The van der Waals surface area contributed by atoms with Gasteiger partial charge >= 0.3 is 13.2 Å². The number of carbonyl (C=O) groups is 1. The van der Waals surface area contributed by atoms with Crippen molar-refractivity contribution in [3.8, 4) is 11.5 Å². The van der Waals surface area contributed by atoms with E-state index in [1.54, 1.807) is 24.3 Å². The van der Waals surface area contributed by atoms with Gasteiger partial charge in [0.2, 0.25) is 0 Å². The SMILES string of the molecule is C/C=C\C.NC(=O)c1cccc2sc(/C=C/c3ccc(OC(F)F)c(OC(F)F)c3)nc12. The lowest BCUT2D eigenvalue weighted by atomic mass is 10.2. The summed E-state index contributed by atoms with van der Waals surface area (Å²) in [6.07, 6.45) is 7.12. The Morgan fingerprint density at radius 3 is 2.25 bits per heavy atom. The highest BCUT2D eigenvalue weighted by Crippen LogP contribution is 2.32. The van der Waals surface area contributed by atoms with E-state index >= 15 is 0 Å². The van der Waals surface area contributed by atoms with Crippen molar-refractivity contribution in [1.82, 2.24) is 4.98 Å². The number of aromatic nitrogens is 1. The lowest BCUT2D eigenvalue weighted by Crippen LogP contribution is -2.11. The molecule has 170 valence electrons. The molecule has 2 aromatic carbocycles. The van der Waals surface area contributed by atoms with Gasteiger partial charge in [0, 0.05) is 0 Å². The number of thiazole rings is 1. The fourth-order valence-electron chi connectivity index (χ4n) is 2.41. The second-order valence-corrected chi connectivity index (χ2v) is 7.09. The quantitative estimate of drug-likeness (QED) is 0.324. The Bertz CT molecular complexity index is 1110. The molecule has 5 nitrogen and oxygen atoms in total. The zero-order valence-electron chi connectivity index (χ0n) is 17.1. The van der Waals surface area contributed by atoms with Crippen LogP contribution in [-0.2, 0) is 0 Å². The van der Waals surface area contributed by atoms with Crippen LogP contribution in [0.25, 0.3) is 22.4 Å². The van der Waals surface area contributed by atoms with Gasteiger partial charge < -0.3 is 15.2 Å². The molecule has 0 spiro atoms. The third-order valence-corrected chi connectivity index (χ3v) is 4.84. The van der Waals surface area contributed by atoms with Crippen molar-refractivity contribution < 1.29 is 31.8 Å². The van der Waals surface area contributed by atoms with E-state index in [1.807, 2.05) is 26.0 Å². The molecule has 10 heteroatoms. The molecule has 2 N–H and O–H groups in total. The molecule has 0 aliphatic heterocycles. The Morgan fingerprint density at radius 2 is 1.66 bits per heavy atom. The second kappa shape index (κ2) is 11.8. The first-order valence-electron chi connectivity index (χ1n) is 9.23. The van der Waals surface area contributed by atoms with Gasteiger partial charge in [-0.05, 0) is 49.8 Å². The number of hydrogen-bond donors (Lipinski definition) is 1. The van der Waals surface area contributed by atoms with Crippen molar-refractivity contribution in [2.24, 2.45) is 5.73 Å². The average molecular weight is 468 g/mol. The Kier molecular flexibility index (Phi) is 9.21. The average Bonchev–Trinajstić information content (AvgIpc) is 3.16. The van der Waals surface area contributed by atoms with Gasteiger partial charge in [0.25, 0.3) is 5.91 Å². The minimum Gasteiger partial charge on any atom is -0.431 e. The zero-order valence-corrected chi connectivity index (χ0v) is 17.9. The second-order valence-electron chi connectivity index (χ2n) is 6.03. The summed E-state index contributed by atoms with van der Waals surface area (Å²) in [5, 5.41) is 0.535. The van der Waals surface area contributed by atoms with Gasteiger partial charge in [-0.15, -0.1) is 11.3 Å². The van der Waals surface area contributed by atoms with Crippen molar-refractivity contribution in [2.45, 2.75) is 27.1 Å². The number of amides is 1. The molecule has 3 aromatic rings. The number of fused-ring (bicyclic) bond motifs is 1. The van der Waals surface area contributed by atoms with Crippen LogP contribution < -0.4 is 15.2 Å². The highest BCUT2D eigenvalue weighted by molar-refractivity contribution is 7.19. The predicted octanol–water partition coefficient (Wildman–Crippen LogP) is 6.35. The van der Waals surface area contributed by atoms with Gasteiger partial charge in [0.1, 0.15) is 5.01 Å². The summed E-state index contributed by atoms with van der Waals surface area (Å²) in [4.78, 5) is 15.8. The molecule has 0 radical (unpaired) electrons. The number of benzene rings is 2. The van der Waals surface area contributed by atoms with E-state index in [9.17, 15) is 22.4 Å². The van der Waals surface area contributed by atoms with Gasteiger partial charge in [-0.25, -0.2) is 4.98 Å². The number of alkyl halides is 4. The Labute approximate surface area is 185 Å². The molecule has 0 fully saturated rings. The molecule has 1 aromatic heterocycles. The maximum atomic E-state index is 12.5. The van der Waals surface area contributed by atoms with Gasteiger partial charge in [-0.1, -0.05) is 30.4 Å². The number of halogens is 4. The number of carbonyl (C=O) groups excluding carboxylic acids is 1. The van der Waals surface area contributed by atoms with E-state index < -0.39 is 30.6 Å². The van der Waals surface area contributed by atoms with Crippen LogP contribution in [0, 0.1) is 0 Å². The smallest absolute Gasteiger partial charge is 0.387 e. The van der Waals surface area contributed by atoms with Gasteiger partial charge in [0.15, 0.2) is 11.5 Å². The molecule has 1 amide bonds. The summed E-state index contributed by atoms with van der Waals surface area (Å²) >= 11 is 1.29. The number of nitrogens with two attached hydrogens (primary N) is 1. The summed E-state index contributed by atoms with van der Waals surface area (Å²) in [5.74, 6) is -1.62. The topological polar surface area (TPSA) is 74.4 Å². The van der Waals surface area contributed by atoms with Gasteiger partial charge in [-0.2, -0.15) is 17.6 Å². The van der Waals surface area contributed by atoms with Gasteiger partial charge in [0.05, 0.1) is 15.8 Å². The Morgan fingerprint density at radius 1 is 1.00 bits per heavy atom. The van der Waals surface area contributed by atoms with Crippen molar-refractivity contribution in [2.75, 3.05) is 0 Å². The molecule has 0 saturated heterocycles. The Balaban J connectivity index is 0.000000837. The molecular formula is C22H20F4N2O3S. The Hall–Kier alpha value is -3.40. The molecule has 1 heterocycles. The molecule has 0 saturated carbocycles. The van der Waals surface area contributed by atoms with Gasteiger partial charge in [-0.3, -0.25) is 4.79 Å². The number of nitrogens with zero attached hydrogens (tertiary/aromatic N) is 1. The first-order chi connectivity index (χ1) is 15.2. The van der Waals surface area contributed by atoms with Crippen molar-refractivity contribution in [3.63, 3.8) is 0 Å². The van der Waals surface area contributed by atoms with Crippen LogP contribution in [-0.4, -0.2) is 24.1 Å². The zero-order chi connectivity index (χ0) is 23.7. The van der Waals surface area contributed by atoms with E-state index in [0.717, 1.165) is 16.8 Å². The number of ether oxygens (including phenoxy) is 2. The maximum absolute atomic E-state index is 12.5. The van der Waals surface area contributed by atoms with Crippen molar-refractivity contribution >= 4 is 39.6 Å². The van der Waals surface area contributed by atoms with E-state index in [0.29, 0.717) is 16.1 Å². The first-order valence-corrected chi connectivity index (χ1v) is 10.0. The first kappa shape index (κ1) is 24.9. The number of allylic oxidation sites excluding steroid dienone is 2. The number of rotatable bonds is 7. The van der Waals surface area contributed by atoms with Crippen LogP contribution in [0.3, 0.4) is 0 Å². The minimum absolute atomic E-state index is 0.287. The highest BCUT2D eigenvalue weighted by Gasteiger charge is 2.15. The molecule has 0 aliphatic carbocycles. The fourth-order valence-corrected chi connectivity index (χ4v) is 3.31. The lowest BCUT2D eigenvalue weighted by Gasteiger charge is -2.12. The van der Waals surface area contributed by atoms with Crippen LogP contribution >= 0.6 is 11.3 Å². The van der Waals surface area contributed by atoms with Crippen LogP contribution in [0.5, 0.6) is 11.5 Å². The summed E-state index contributed by atoms with van der Waals surface area (Å²) < 4.78 is 58.9. The molecular weight excluding hydrogens is 448 g/mol. The van der Waals surface area contributed by atoms with Crippen molar-refractivity contribution in [1.29, 1.82) is 0 Å². The van der Waals surface area contributed by atoms with E-state index in [2.05, 4.69) is 14.5 Å². The minimum atomic E-state index is -3.20. The lowest BCUT2D eigenvalue weighted by molar-refractivity contribution is -0.0692. The summed E-state index contributed by atoms with van der Waals surface area (Å²) in [6.45, 7) is -2.38.